The summed E-state index contributed by atoms with van der Waals surface area (Å²) in [6.45, 7) is 8.37. The second-order valence-corrected chi connectivity index (χ2v) is 6.42. The summed E-state index contributed by atoms with van der Waals surface area (Å²) in [5.74, 6) is 0. The third kappa shape index (κ3) is 2.84. The lowest BCUT2D eigenvalue weighted by Gasteiger charge is -2.18. The van der Waals surface area contributed by atoms with Gasteiger partial charge in [0.25, 0.3) is 5.56 Å². The van der Waals surface area contributed by atoms with Gasteiger partial charge in [-0.25, -0.2) is 4.98 Å². The van der Waals surface area contributed by atoms with Crippen LogP contribution in [0.1, 0.15) is 40.2 Å². The maximum absolute atomic E-state index is 12.6. The Labute approximate surface area is 118 Å². The van der Waals surface area contributed by atoms with E-state index in [1.165, 1.54) is 0 Å². The maximum atomic E-state index is 12.6. The average Bonchev–Trinajstić information content (AvgIpc) is 2.38. The highest BCUT2D eigenvalue weighted by Gasteiger charge is 2.15. The van der Waals surface area contributed by atoms with Gasteiger partial charge in [0.05, 0.1) is 10.9 Å². The first-order valence-corrected chi connectivity index (χ1v) is 7.60. The van der Waals surface area contributed by atoms with Crippen molar-refractivity contribution in [3.05, 3.63) is 34.6 Å². The molecule has 1 aromatic heterocycles. The van der Waals surface area contributed by atoms with Crippen molar-refractivity contribution >= 4 is 22.7 Å². The van der Waals surface area contributed by atoms with Crippen molar-refractivity contribution in [1.82, 2.24) is 9.55 Å². The standard InChI is InChI=1S/C15H20N2OS/c1-5-11(4)19-15-16-13-9-7-6-8-12(13)14(18)17(15)10(2)3/h6-11H,5H2,1-4H3. The Morgan fingerprint density at radius 2 is 1.95 bits per heavy atom. The lowest BCUT2D eigenvalue weighted by molar-refractivity contribution is 0.518. The summed E-state index contributed by atoms with van der Waals surface area (Å²) < 4.78 is 1.80. The van der Waals surface area contributed by atoms with E-state index in [0.29, 0.717) is 10.6 Å². The van der Waals surface area contributed by atoms with Crippen LogP contribution in [-0.2, 0) is 0 Å². The topological polar surface area (TPSA) is 34.9 Å². The van der Waals surface area contributed by atoms with E-state index in [1.807, 2.05) is 38.1 Å². The number of rotatable bonds is 4. The molecule has 0 aliphatic heterocycles. The van der Waals surface area contributed by atoms with Gasteiger partial charge in [0.1, 0.15) is 0 Å². The fourth-order valence-electron chi connectivity index (χ4n) is 1.93. The summed E-state index contributed by atoms with van der Waals surface area (Å²) in [6.07, 6.45) is 1.06. The van der Waals surface area contributed by atoms with Crippen LogP contribution < -0.4 is 5.56 Å². The number of hydrogen-bond donors (Lipinski definition) is 0. The third-order valence-electron chi connectivity index (χ3n) is 3.17. The van der Waals surface area contributed by atoms with Gasteiger partial charge < -0.3 is 0 Å². The van der Waals surface area contributed by atoms with Crippen molar-refractivity contribution in [3.63, 3.8) is 0 Å². The number of para-hydroxylation sites is 1. The molecule has 0 saturated carbocycles. The van der Waals surface area contributed by atoms with Gasteiger partial charge in [0.15, 0.2) is 5.16 Å². The largest absolute Gasteiger partial charge is 0.285 e. The zero-order valence-corrected chi connectivity index (χ0v) is 12.7. The molecule has 0 bridgehead atoms. The second kappa shape index (κ2) is 5.78. The van der Waals surface area contributed by atoms with Gasteiger partial charge in [0.2, 0.25) is 0 Å². The van der Waals surface area contributed by atoms with Gasteiger partial charge in [-0.3, -0.25) is 9.36 Å². The van der Waals surface area contributed by atoms with Crippen molar-refractivity contribution in [2.75, 3.05) is 0 Å². The maximum Gasteiger partial charge on any atom is 0.262 e. The van der Waals surface area contributed by atoms with E-state index in [1.54, 1.807) is 16.3 Å². The second-order valence-electron chi connectivity index (χ2n) is 5.02. The summed E-state index contributed by atoms with van der Waals surface area (Å²) in [5.41, 5.74) is 0.849. The molecular weight excluding hydrogens is 256 g/mol. The molecule has 2 rings (SSSR count). The summed E-state index contributed by atoms with van der Waals surface area (Å²) in [5, 5.41) is 1.98. The Morgan fingerprint density at radius 1 is 1.26 bits per heavy atom. The minimum atomic E-state index is 0.0615. The van der Waals surface area contributed by atoms with Crippen molar-refractivity contribution < 1.29 is 0 Å². The highest BCUT2D eigenvalue weighted by molar-refractivity contribution is 7.99. The molecule has 0 aliphatic carbocycles. The monoisotopic (exact) mass is 276 g/mol. The highest BCUT2D eigenvalue weighted by Crippen LogP contribution is 2.25. The summed E-state index contributed by atoms with van der Waals surface area (Å²) >= 11 is 1.68. The van der Waals surface area contributed by atoms with E-state index in [-0.39, 0.29) is 11.6 Å². The zero-order valence-electron chi connectivity index (χ0n) is 11.9. The summed E-state index contributed by atoms with van der Waals surface area (Å²) in [7, 11) is 0. The molecule has 1 atom stereocenters. The van der Waals surface area contributed by atoms with Crippen LogP contribution in [-0.4, -0.2) is 14.8 Å². The fraction of sp³-hybridized carbons (Fsp3) is 0.467. The Bertz CT molecular complexity index is 634. The van der Waals surface area contributed by atoms with Gasteiger partial charge >= 0.3 is 0 Å². The molecule has 1 aromatic carbocycles. The molecular formula is C15H20N2OS. The number of thioether (sulfide) groups is 1. The quantitative estimate of drug-likeness (QED) is 0.628. The van der Waals surface area contributed by atoms with Crippen LogP contribution in [0, 0.1) is 0 Å². The van der Waals surface area contributed by atoms with Gasteiger partial charge in [-0.1, -0.05) is 37.7 Å². The molecule has 4 heteroatoms. The molecule has 0 radical (unpaired) electrons. The predicted octanol–water partition coefficient (Wildman–Crippen LogP) is 3.87. The Hall–Kier alpha value is -1.29. The number of fused-ring (bicyclic) bond motifs is 1. The summed E-state index contributed by atoms with van der Waals surface area (Å²) in [4.78, 5) is 17.2. The minimum Gasteiger partial charge on any atom is -0.285 e. The van der Waals surface area contributed by atoms with Gasteiger partial charge in [0, 0.05) is 11.3 Å². The van der Waals surface area contributed by atoms with E-state index in [2.05, 4.69) is 18.8 Å². The van der Waals surface area contributed by atoms with E-state index in [4.69, 9.17) is 0 Å². The highest BCUT2D eigenvalue weighted by atomic mass is 32.2. The molecule has 0 saturated heterocycles. The number of hydrogen-bond acceptors (Lipinski definition) is 3. The number of benzene rings is 1. The van der Waals surface area contributed by atoms with Crippen LogP contribution in [0.4, 0.5) is 0 Å². The smallest absolute Gasteiger partial charge is 0.262 e. The van der Waals surface area contributed by atoms with Crippen LogP contribution >= 0.6 is 11.8 Å². The zero-order chi connectivity index (χ0) is 14.0. The molecule has 1 heterocycles. The lowest BCUT2D eigenvalue weighted by atomic mass is 10.2. The van der Waals surface area contributed by atoms with Crippen molar-refractivity contribution in [3.8, 4) is 0 Å². The van der Waals surface area contributed by atoms with E-state index < -0.39 is 0 Å². The van der Waals surface area contributed by atoms with Crippen LogP contribution in [0.15, 0.2) is 34.2 Å². The first kappa shape index (κ1) is 14.1. The van der Waals surface area contributed by atoms with Crippen molar-refractivity contribution in [2.45, 2.75) is 50.6 Å². The molecule has 3 nitrogen and oxygen atoms in total. The normalized spacial score (nSPS) is 13.1. The fourth-order valence-corrected chi connectivity index (χ4v) is 3.01. The Balaban J connectivity index is 2.67. The van der Waals surface area contributed by atoms with Crippen LogP contribution in [0.25, 0.3) is 10.9 Å². The van der Waals surface area contributed by atoms with Crippen LogP contribution in [0.2, 0.25) is 0 Å². The van der Waals surface area contributed by atoms with Gasteiger partial charge in [-0.05, 0) is 32.4 Å². The van der Waals surface area contributed by atoms with Gasteiger partial charge in [-0.2, -0.15) is 0 Å². The molecule has 2 aromatic rings. The molecule has 0 N–H and O–H groups in total. The minimum absolute atomic E-state index is 0.0615. The predicted molar refractivity (Wildman–Crippen MR) is 82.0 cm³/mol. The Morgan fingerprint density at radius 3 is 2.58 bits per heavy atom. The molecule has 0 fully saturated rings. The van der Waals surface area contributed by atoms with Crippen molar-refractivity contribution in [1.29, 1.82) is 0 Å². The van der Waals surface area contributed by atoms with Crippen molar-refractivity contribution in [2.24, 2.45) is 0 Å². The average molecular weight is 276 g/mol. The molecule has 0 aliphatic rings. The summed E-state index contributed by atoms with van der Waals surface area (Å²) in [6, 6.07) is 7.68. The third-order valence-corrected chi connectivity index (χ3v) is 4.41. The molecule has 0 spiro atoms. The molecule has 1 unspecified atom stereocenters. The number of nitrogens with zero attached hydrogens (tertiary/aromatic N) is 2. The van der Waals surface area contributed by atoms with Gasteiger partial charge in [-0.15, -0.1) is 0 Å². The molecule has 19 heavy (non-hydrogen) atoms. The first-order chi connectivity index (χ1) is 9.04. The SMILES string of the molecule is CCC(C)Sc1nc2ccccc2c(=O)n1C(C)C. The van der Waals surface area contributed by atoms with E-state index >= 15 is 0 Å². The molecule has 102 valence electrons. The van der Waals surface area contributed by atoms with E-state index in [0.717, 1.165) is 17.1 Å². The van der Waals surface area contributed by atoms with Crippen LogP contribution in [0.3, 0.4) is 0 Å². The molecule has 0 amide bonds. The lowest BCUT2D eigenvalue weighted by Crippen LogP contribution is -2.25. The number of aromatic nitrogens is 2. The van der Waals surface area contributed by atoms with E-state index in [9.17, 15) is 4.79 Å². The Kier molecular flexibility index (Phi) is 4.30. The first-order valence-electron chi connectivity index (χ1n) is 6.72. The van der Waals surface area contributed by atoms with Crippen LogP contribution in [0.5, 0.6) is 0 Å².